The van der Waals surface area contributed by atoms with Gasteiger partial charge in [0.15, 0.2) is 0 Å². The Bertz CT molecular complexity index is 344. The molecular formula is C18H28O2. The lowest BCUT2D eigenvalue weighted by Gasteiger charge is -1.97. The third-order valence-electron chi connectivity index (χ3n) is 2.90. The third-order valence-corrected chi connectivity index (χ3v) is 2.90. The molecule has 0 aliphatic rings. The van der Waals surface area contributed by atoms with Crippen molar-refractivity contribution >= 4 is 5.97 Å². The van der Waals surface area contributed by atoms with Gasteiger partial charge >= 0.3 is 5.97 Å². The zero-order chi connectivity index (χ0) is 14.9. The van der Waals surface area contributed by atoms with Crippen molar-refractivity contribution in [2.24, 2.45) is 0 Å². The van der Waals surface area contributed by atoms with Crippen LogP contribution >= 0.6 is 0 Å². The summed E-state index contributed by atoms with van der Waals surface area (Å²) in [5, 5.41) is 8.38. The van der Waals surface area contributed by atoms with Crippen LogP contribution in [0.2, 0.25) is 0 Å². The van der Waals surface area contributed by atoms with Crippen molar-refractivity contribution < 1.29 is 9.90 Å². The number of hydrogen-bond acceptors (Lipinski definition) is 1. The molecule has 20 heavy (non-hydrogen) atoms. The van der Waals surface area contributed by atoms with Crippen LogP contribution in [0.3, 0.4) is 0 Å². The fourth-order valence-corrected chi connectivity index (χ4v) is 1.78. The summed E-state index contributed by atoms with van der Waals surface area (Å²) in [5.74, 6) is -0.903. The molecule has 0 aliphatic carbocycles. The predicted molar refractivity (Wildman–Crippen MR) is 85.8 cm³/mol. The van der Waals surface area contributed by atoms with Crippen molar-refractivity contribution in [1.29, 1.82) is 0 Å². The van der Waals surface area contributed by atoms with Gasteiger partial charge in [-0.2, -0.15) is 0 Å². The minimum Gasteiger partial charge on any atom is -0.478 e. The second-order valence-corrected chi connectivity index (χ2v) is 4.81. The summed E-state index contributed by atoms with van der Waals surface area (Å²) < 4.78 is 0. The molecule has 0 aliphatic heterocycles. The van der Waals surface area contributed by atoms with Crippen LogP contribution in [0, 0.1) is 0 Å². The summed E-state index contributed by atoms with van der Waals surface area (Å²) in [6.45, 7) is 2.24. The van der Waals surface area contributed by atoms with Crippen LogP contribution in [0.15, 0.2) is 42.2 Å². The van der Waals surface area contributed by atoms with E-state index in [4.69, 9.17) is 5.11 Å². The van der Waals surface area contributed by atoms with Gasteiger partial charge in [0.05, 0.1) is 0 Å². The van der Waals surface area contributed by atoms with E-state index in [0.29, 0.717) is 6.42 Å². The summed E-state index contributed by atoms with van der Waals surface area (Å²) in [7, 11) is 0. The van der Waals surface area contributed by atoms with E-state index in [1.54, 1.807) is 6.08 Å². The first-order chi connectivity index (χ1) is 9.77. The van der Waals surface area contributed by atoms with Crippen LogP contribution < -0.4 is 0 Å². The minimum atomic E-state index is -0.903. The highest BCUT2D eigenvalue weighted by Crippen LogP contribution is 2.07. The monoisotopic (exact) mass is 276 g/mol. The summed E-state index contributed by atoms with van der Waals surface area (Å²) >= 11 is 0. The molecule has 0 atom stereocenters. The van der Waals surface area contributed by atoms with Gasteiger partial charge in [-0.25, -0.2) is 4.79 Å². The molecule has 0 unspecified atom stereocenters. The number of allylic oxidation sites excluding steroid dienone is 4. The largest absolute Gasteiger partial charge is 0.478 e. The molecule has 0 fully saturated rings. The molecule has 112 valence electrons. The van der Waals surface area contributed by atoms with E-state index in [1.807, 2.05) is 12.2 Å². The van der Waals surface area contributed by atoms with Crippen molar-refractivity contribution in [2.75, 3.05) is 0 Å². The Morgan fingerprint density at radius 3 is 2.30 bits per heavy atom. The van der Waals surface area contributed by atoms with E-state index in [9.17, 15) is 4.79 Å². The van der Waals surface area contributed by atoms with E-state index in [2.05, 4.69) is 24.8 Å². The quantitative estimate of drug-likeness (QED) is 0.223. The van der Waals surface area contributed by atoms with Gasteiger partial charge in [-0.05, 0) is 37.8 Å². The van der Waals surface area contributed by atoms with Crippen LogP contribution in [0.4, 0.5) is 0 Å². The fraction of sp³-hybridized carbons (Fsp3) is 0.556. The molecule has 0 rings (SSSR count). The highest BCUT2D eigenvalue weighted by atomic mass is 16.4. The van der Waals surface area contributed by atoms with Crippen LogP contribution in [0.1, 0.15) is 64.7 Å². The summed E-state index contributed by atoms with van der Waals surface area (Å²) in [6, 6.07) is 0. The number of hydrogen-bond donors (Lipinski definition) is 1. The Morgan fingerprint density at radius 1 is 0.950 bits per heavy atom. The molecule has 0 radical (unpaired) electrons. The van der Waals surface area contributed by atoms with Gasteiger partial charge in [0.2, 0.25) is 0 Å². The first kappa shape index (κ1) is 18.5. The van der Waals surface area contributed by atoms with Crippen molar-refractivity contribution in [3.8, 4) is 0 Å². The predicted octanol–water partition coefficient (Wildman–Crippen LogP) is 5.43. The molecule has 0 amide bonds. The molecule has 0 saturated carbocycles. The smallest absolute Gasteiger partial charge is 0.327 e. The maximum atomic E-state index is 10.2. The standard InChI is InChI=1S/C18H28O2/c1-2-3-4-5-6-7-8-9-10-11-12-13-14-15-16-17-18(19)20/h9-10,12,14,16-17H,2-8,11,15H2,1H3,(H,19,20). The Morgan fingerprint density at radius 2 is 1.60 bits per heavy atom. The zero-order valence-electron chi connectivity index (χ0n) is 12.7. The van der Waals surface area contributed by atoms with Gasteiger partial charge < -0.3 is 5.11 Å². The normalized spacial score (nSPS) is 10.8. The first-order valence-electron chi connectivity index (χ1n) is 7.71. The Kier molecular flexibility index (Phi) is 14.3. The van der Waals surface area contributed by atoms with E-state index < -0.39 is 5.97 Å². The van der Waals surface area contributed by atoms with Gasteiger partial charge in [-0.3, -0.25) is 0 Å². The molecule has 2 heteroatoms. The van der Waals surface area contributed by atoms with Gasteiger partial charge in [-0.15, -0.1) is 5.73 Å². The Labute approximate surface area is 123 Å². The highest BCUT2D eigenvalue weighted by Gasteiger charge is 1.87. The zero-order valence-corrected chi connectivity index (χ0v) is 12.7. The number of aliphatic carboxylic acids is 1. The maximum Gasteiger partial charge on any atom is 0.327 e. The minimum absolute atomic E-state index is 0.615. The fourth-order valence-electron chi connectivity index (χ4n) is 1.78. The molecule has 1 N–H and O–H groups in total. The Hall–Kier alpha value is -1.53. The van der Waals surface area contributed by atoms with Crippen LogP contribution in [0.5, 0.6) is 0 Å². The number of carboxylic acids is 1. The second-order valence-electron chi connectivity index (χ2n) is 4.81. The van der Waals surface area contributed by atoms with E-state index in [0.717, 1.165) is 12.5 Å². The summed E-state index contributed by atoms with van der Waals surface area (Å²) in [6.07, 6.45) is 21.7. The number of carbonyl (C=O) groups is 1. The molecule has 0 aromatic rings. The molecule has 0 aromatic heterocycles. The molecule has 2 nitrogen and oxygen atoms in total. The van der Waals surface area contributed by atoms with Gasteiger partial charge in [0, 0.05) is 6.08 Å². The number of rotatable bonds is 12. The third kappa shape index (κ3) is 16.5. The van der Waals surface area contributed by atoms with Crippen LogP contribution in [-0.4, -0.2) is 11.1 Å². The molecule has 0 saturated heterocycles. The first-order valence-corrected chi connectivity index (χ1v) is 7.71. The van der Waals surface area contributed by atoms with E-state index in [1.165, 1.54) is 44.9 Å². The van der Waals surface area contributed by atoms with Crippen molar-refractivity contribution in [3.05, 3.63) is 42.2 Å². The van der Waals surface area contributed by atoms with Crippen molar-refractivity contribution in [1.82, 2.24) is 0 Å². The second kappa shape index (κ2) is 15.5. The number of carboxylic acid groups (broad SMARTS) is 1. The topological polar surface area (TPSA) is 37.3 Å². The maximum absolute atomic E-state index is 10.2. The van der Waals surface area contributed by atoms with E-state index in [-0.39, 0.29) is 0 Å². The molecular weight excluding hydrogens is 248 g/mol. The molecule has 0 bridgehead atoms. The van der Waals surface area contributed by atoms with Crippen molar-refractivity contribution in [2.45, 2.75) is 64.7 Å². The lowest BCUT2D eigenvalue weighted by molar-refractivity contribution is -0.131. The van der Waals surface area contributed by atoms with Crippen LogP contribution in [-0.2, 0) is 4.79 Å². The van der Waals surface area contributed by atoms with Gasteiger partial charge in [0.1, 0.15) is 0 Å². The average Bonchev–Trinajstić information content (AvgIpc) is 2.43. The molecule has 0 heterocycles. The molecule has 0 aromatic carbocycles. The van der Waals surface area contributed by atoms with Gasteiger partial charge in [-0.1, -0.05) is 57.3 Å². The Balaban J connectivity index is 3.42. The van der Waals surface area contributed by atoms with Gasteiger partial charge in [0.25, 0.3) is 0 Å². The highest BCUT2D eigenvalue weighted by molar-refractivity contribution is 5.79. The lowest BCUT2D eigenvalue weighted by atomic mass is 10.1. The summed E-state index contributed by atoms with van der Waals surface area (Å²) in [5.41, 5.74) is 3.04. The van der Waals surface area contributed by atoms with Crippen LogP contribution in [0.25, 0.3) is 0 Å². The number of unbranched alkanes of at least 4 members (excludes halogenated alkanes) is 6. The lowest BCUT2D eigenvalue weighted by Crippen LogP contribution is -1.84. The van der Waals surface area contributed by atoms with Crippen molar-refractivity contribution in [3.63, 3.8) is 0 Å². The average molecular weight is 276 g/mol. The van der Waals surface area contributed by atoms with E-state index >= 15 is 0 Å². The SMILES string of the molecule is CCCCCCCCC=CCC=C=CCC=CC(=O)O. The molecule has 0 spiro atoms. The summed E-state index contributed by atoms with van der Waals surface area (Å²) in [4.78, 5) is 10.2.